The fourth-order valence-electron chi connectivity index (χ4n) is 2.81. The SMILES string of the molecule is O=C(NCCCCN1CCCC1)NC(CO)c1ccc(Cl)cc1. The molecule has 1 heterocycles. The average molecular weight is 340 g/mol. The second-order valence-corrected chi connectivity index (χ2v) is 6.38. The lowest BCUT2D eigenvalue weighted by atomic mass is 10.1. The fourth-order valence-corrected chi connectivity index (χ4v) is 2.93. The summed E-state index contributed by atoms with van der Waals surface area (Å²) in [4.78, 5) is 14.4. The molecular weight excluding hydrogens is 314 g/mol. The average Bonchev–Trinajstić information content (AvgIpc) is 3.06. The first-order valence-corrected chi connectivity index (χ1v) is 8.70. The molecule has 1 saturated heterocycles. The maximum absolute atomic E-state index is 11.9. The van der Waals surface area contributed by atoms with Crippen molar-refractivity contribution in [2.24, 2.45) is 0 Å². The smallest absolute Gasteiger partial charge is 0.315 e. The molecule has 0 spiro atoms. The quantitative estimate of drug-likeness (QED) is 0.638. The van der Waals surface area contributed by atoms with E-state index in [4.69, 9.17) is 11.6 Å². The standard InChI is InChI=1S/C17H26ClN3O2/c18-15-7-5-14(6-8-15)16(13-22)20-17(23)19-9-1-2-10-21-11-3-4-12-21/h5-8,16,22H,1-4,9-13H2,(H2,19,20,23). The highest BCUT2D eigenvalue weighted by Crippen LogP contribution is 2.16. The molecule has 1 aromatic carbocycles. The molecule has 1 unspecified atom stereocenters. The van der Waals surface area contributed by atoms with Crippen molar-refractivity contribution in [2.45, 2.75) is 31.7 Å². The summed E-state index contributed by atoms with van der Waals surface area (Å²) in [5, 5.41) is 15.7. The van der Waals surface area contributed by atoms with Crippen LogP contribution >= 0.6 is 11.6 Å². The molecule has 1 aliphatic heterocycles. The second-order valence-electron chi connectivity index (χ2n) is 5.94. The van der Waals surface area contributed by atoms with Crippen LogP contribution in [-0.2, 0) is 0 Å². The highest BCUT2D eigenvalue weighted by atomic mass is 35.5. The Morgan fingerprint density at radius 2 is 1.91 bits per heavy atom. The third kappa shape index (κ3) is 6.37. The van der Waals surface area contributed by atoms with E-state index in [0.29, 0.717) is 11.6 Å². The van der Waals surface area contributed by atoms with Gasteiger partial charge >= 0.3 is 6.03 Å². The maximum atomic E-state index is 11.9. The molecule has 0 bridgehead atoms. The summed E-state index contributed by atoms with van der Waals surface area (Å²) < 4.78 is 0. The van der Waals surface area contributed by atoms with Crippen LogP contribution in [0.3, 0.4) is 0 Å². The van der Waals surface area contributed by atoms with Gasteiger partial charge in [-0.05, 0) is 63.0 Å². The summed E-state index contributed by atoms with van der Waals surface area (Å²) in [5.74, 6) is 0. The van der Waals surface area contributed by atoms with E-state index in [0.717, 1.165) is 24.9 Å². The van der Waals surface area contributed by atoms with Gasteiger partial charge in [0.05, 0.1) is 12.6 Å². The molecule has 1 atom stereocenters. The normalized spacial score (nSPS) is 16.3. The largest absolute Gasteiger partial charge is 0.394 e. The van der Waals surface area contributed by atoms with E-state index in [1.165, 1.54) is 25.9 Å². The van der Waals surface area contributed by atoms with Crippen LogP contribution in [0, 0.1) is 0 Å². The van der Waals surface area contributed by atoms with Crippen LogP contribution in [0.1, 0.15) is 37.3 Å². The minimum Gasteiger partial charge on any atom is -0.394 e. The number of hydrogen-bond donors (Lipinski definition) is 3. The summed E-state index contributed by atoms with van der Waals surface area (Å²) in [5.41, 5.74) is 0.834. The van der Waals surface area contributed by atoms with Gasteiger partial charge in [0.15, 0.2) is 0 Å². The third-order valence-corrected chi connectivity index (χ3v) is 4.40. The number of nitrogens with zero attached hydrogens (tertiary/aromatic N) is 1. The molecule has 2 rings (SSSR count). The van der Waals surface area contributed by atoms with Crippen molar-refractivity contribution in [3.8, 4) is 0 Å². The highest BCUT2D eigenvalue weighted by Gasteiger charge is 2.13. The molecule has 5 nitrogen and oxygen atoms in total. The number of halogens is 1. The summed E-state index contributed by atoms with van der Waals surface area (Å²) in [6.45, 7) is 4.05. The molecule has 1 fully saturated rings. The van der Waals surface area contributed by atoms with Gasteiger partial charge in [-0.25, -0.2) is 4.79 Å². The lowest BCUT2D eigenvalue weighted by Gasteiger charge is -2.18. The van der Waals surface area contributed by atoms with Crippen LogP contribution in [0.25, 0.3) is 0 Å². The second kappa shape index (κ2) is 9.75. The van der Waals surface area contributed by atoms with Crippen molar-refractivity contribution < 1.29 is 9.90 Å². The maximum Gasteiger partial charge on any atom is 0.315 e. The van der Waals surface area contributed by atoms with Crippen LogP contribution in [0.4, 0.5) is 4.79 Å². The zero-order chi connectivity index (χ0) is 16.5. The van der Waals surface area contributed by atoms with Crippen LogP contribution in [0.15, 0.2) is 24.3 Å². The van der Waals surface area contributed by atoms with Crippen LogP contribution < -0.4 is 10.6 Å². The molecule has 0 saturated carbocycles. The minimum absolute atomic E-state index is 0.149. The summed E-state index contributed by atoms with van der Waals surface area (Å²) in [7, 11) is 0. The summed E-state index contributed by atoms with van der Waals surface area (Å²) >= 11 is 5.84. The number of aliphatic hydroxyl groups excluding tert-OH is 1. The van der Waals surface area contributed by atoms with Gasteiger partial charge in [-0.3, -0.25) is 0 Å². The number of amides is 2. The molecule has 1 aliphatic rings. The number of benzene rings is 1. The zero-order valence-corrected chi connectivity index (χ0v) is 14.2. The predicted octanol–water partition coefficient (Wildman–Crippen LogP) is 2.55. The monoisotopic (exact) mass is 339 g/mol. The van der Waals surface area contributed by atoms with Crippen molar-refractivity contribution >= 4 is 17.6 Å². The van der Waals surface area contributed by atoms with E-state index in [9.17, 15) is 9.90 Å². The minimum atomic E-state index is -0.420. The Hall–Kier alpha value is -1.30. The molecule has 128 valence electrons. The highest BCUT2D eigenvalue weighted by molar-refractivity contribution is 6.30. The molecule has 1 aromatic rings. The van der Waals surface area contributed by atoms with Gasteiger partial charge in [0.25, 0.3) is 0 Å². The van der Waals surface area contributed by atoms with E-state index < -0.39 is 6.04 Å². The van der Waals surface area contributed by atoms with Gasteiger partial charge in [0.2, 0.25) is 0 Å². The molecule has 3 N–H and O–H groups in total. The number of carbonyl (C=O) groups is 1. The van der Waals surface area contributed by atoms with Crippen LogP contribution in [-0.4, -0.2) is 48.8 Å². The number of likely N-dealkylation sites (tertiary alicyclic amines) is 1. The Morgan fingerprint density at radius 3 is 2.57 bits per heavy atom. The van der Waals surface area contributed by atoms with Gasteiger partial charge in [-0.15, -0.1) is 0 Å². The first-order chi connectivity index (χ1) is 11.2. The van der Waals surface area contributed by atoms with E-state index >= 15 is 0 Å². The molecule has 0 aromatic heterocycles. The molecule has 23 heavy (non-hydrogen) atoms. The Labute approximate surface area is 143 Å². The van der Waals surface area contributed by atoms with Crippen molar-refractivity contribution in [3.05, 3.63) is 34.9 Å². The summed E-state index contributed by atoms with van der Waals surface area (Å²) in [6.07, 6.45) is 4.69. The molecule has 2 amide bonds. The van der Waals surface area contributed by atoms with Gasteiger partial charge in [-0.1, -0.05) is 23.7 Å². The van der Waals surface area contributed by atoms with Crippen molar-refractivity contribution in [1.29, 1.82) is 0 Å². The lowest BCUT2D eigenvalue weighted by molar-refractivity contribution is 0.216. The van der Waals surface area contributed by atoms with Crippen molar-refractivity contribution in [3.63, 3.8) is 0 Å². The Bertz CT molecular complexity index is 475. The Morgan fingerprint density at radius 1 is 1.22 bits per heavy atom. The van der Waals surface area contributed by atoms with Gasteiger partial charge in [0, 0.05) is 11.6 Å². The number of unbranched alkanes of at least 4 members (excludes halogenated alkanes) is 1. The number of hydrogen-bond acceptors (Lipinski definition) is 3. The Balaban J connectivity index is 1.63. The molecule has 6 heteroatoms. The van der Waals surface area contributed by atoms with Crippen molar-refractivity contribution in [1.82, 2.24) is 15.5 Å². The van der Waals surface area contributed by atoms with Crippen LogP contribution in [0.2, 0.25) is 5.02 Å². The first kappa shape index (κ1) is 18.0. The van der Waals surface area contributed by atoms with E-state index in [-0.39, 0.29) is 12.6 Å². The summed E-state index contributed by atoms with van der Waals surface area (Å²) in [6, 6.07) is 6.44. The molecular formula is C17H26ClN3O2. The fraction of sp³-hybridized carbons (Fsp3) is 0.588. The number of nitrogens with one attached hydrogen (secondary N) is 2. The molecule has 0 aliphatic carbocycles. The first-order valence-electron chi connectivity index (χ1n) is 8.32. The van der Waals surface area contributed by atoms with Gasteiger partial charge < -0.3 is 20.6 Å². The predicted molar refractivity (Wildman–Crippen MR) is 92.7 cm³/mol. The third-order valence-electron chi connectivity index (χ3n) is 4.15. The van der Waals surface area contributed by atoms with E-state index in [2.05, 4.69) is 15.5 Å². The Kier molecular flexibility index (Phi) is 7.65. The topological polar surface area (TPSA) is 64.6 Å². The van der Waals surface area contributed by atoms with Gasteiger partial charge in [-0.2, -0.15) is 0 Å². The number of carbonyl (C=O) groups excluding carboxylic acids is 1. The molecule has 0 radical (unpaired) electrons. The number of rotatable bonds is 8. The van der Waals surface area contributed by atoms with E-state index in [1.807, 2.05) is 0 Å². The number of urea groups is 1. The van der Waals surface area contributed by atoms with Crippen molar-refractivity contribution in [2.75, 3.05) is 32.8 Å². The lowest BCUT2D eigenvalue weighted by Crippen LogP contribution is -2.39. The van der Waals surface area contributed by atoms with Crippen LogP contribution in [0.5, 0.6) is 0 Å². The van der Waals surface area contributed by atoms with Gasteiger partial charge in [0.1, 0.15) is 0 Å². The number of aliphatic hydroxyl groups is 1. The zero-order valence-electron chi connectivity index (χ0n) is 13.4. The van der Waals surface area contributed by atoms with E-state index in [1.54, 1.807) is 24.3 Å².